The van der Waals surface area contributed by atoms with Gasteiger partial charge in [0, 0.05) is 11.0 Å². The predicted octanol–water partition coefficient (Wildman–Crippen LogP) is 1.08. The highest BCUT2D eigenvalue weighted by Crippen LogP contribution is 2.26. The van der Waals surface area contributed by atoms with Crippen LogP contribution in [0.5, 0.6) is 5.75 Å². The van der Waals surface area contributed by atoms with Gasteiger partial charge in [0.2, 0.25) is 10.0 Å². The number of sulfonamides is 1. The van der Waals surface area contributed by atoms with Gasteiger partial charge in [0.25, 0.3) is 0 Å². The lowest BCUT2D eigenvalue weighted by atomic mass is 10.3. The summed E-state index contributed by atoms with van der Waals surface area (Å²) in [4.78, 5) is 0.190. The normalized spacial score (nSPS) is 11.5. The average Bonchev–Trinajstić information content (AvgIpc) is 2.28. The van der Waals surface area contributed by atoms with E-state index in [1.54, 1.807) is 12.1 Å². The second-order valence-electron chi connectivity index (χ2n) is 3.34. The van der Waals surface area contributed by atoms with E-state index in [0.29, 0.717) is 29.7 Å². The van der Waals surface area contributed by atoms with Gasteiger partial charge in [-0.15, -0.1) is 0 Å². The first-order chi connectivity index (χ1) is 8.01. The highest BCUT2D eigenvalue weighted by molar-refractivity contribution is 9.10. The van der Waals surface area contributed by atoms with Gasteiger partial charge in [0.05, 0.1) is 12.0 Å². The summed E-state index contributed by atoms with van der Waals surface area (Å²) in [5.41, 5.74) is 5.30. The molecule has 1 aromatic rings. The molecule has 1 rings (SSSR count). The molecule has 0 fully saturated rings. The SMILES string of the molecule is COc1ccc(S(=O)(=O)NCCCN)c(Br)c1. The van der Waals surface area contributed by atoms with Crippen molar-refractivity contribution in [3.63, 3.8) is 0 Å². The van der Waals surface area contributed by atoms with Crippen molar-refractivity contribution in [1.82, 2.24) is 4.72 Å². The van der Waals surface area contributed by atoms with Crippen molar-refractivity contribution < 1.29 is 13.2 Å². The van der Waals surface area contributed by atoms with Gasteiger partial charge < -0.3 is 10.5 Å². The van der Waals surface area contributed by atoms with Gasteiger partial charge in [0.15, 0.2) is 0 Å². The van der Waals surface area contributed by atoms with Crippen LogP contribution in [-0.4, -0.2) is 28.6 Å². The van der Waals surface area contributed by atoms with Crippen LogP contribution in [0.4, 0.5) is 0 Å². The molecule has 0 spiro atoms. The summed E-state index contributed by atoms with van der Waals surface area (Å²) in [6.45, 7) is 0.781. The molecule has 0 atom stereocenters. The zero-order chi connectivity index (χ0) is 12.9. The lowest BCUT2D eigenvalue weighted by Gasteiger charge is -2.09. The van der Waals surface area contributed by atoms with E-state index in [9.17, 15) is 8.42 Å². The van der Waals surface area contributed by atoms with Gasteiger partial charge >= 0.3 is 0 Å². The summed E-state index contributed by atoms with van der Waals surface area (Å²) in [7, 11) is -1.97. The third-order valence-corrected chi connectivity index (χ3v) is 4.54. The Labute approximate surface area is 110 Å². The van der Waals surface area contributed by atoms with Crippen LogP contribution in [0, 0.1) is 0 Å². The molecule has 1 aromatic carbocycles. The molecule has 17 heavy (non-hydrogen) atoms. The maximum atomic E-state index is 11.9. The third-order valence-electron chi connectivity index (χ3n) is 2.10. The van der Waals surface area contributed by atoms with E-state index in [1.807, 2.05) is 0 Å². The second-order valence-corrected chi connectivity index (χ2v) is 5.93. The van der Waals surface area contributed by atoms with Crippen LogP contribution in [0.25, 0.3) is 0 Å². The zero-order valence-electron chi connectivity index (χ0n) is 9.44. The predicted molar refractivity (Wildman–Crippen MR) is 69.6 cm³/mol. The Kier molecular flexibility index (Phi) is 5.38. The minimum absolute atomic E-state index is 0.190. The average molecular weight is 323 g/mol. The Morgan fingerprint density at radius 2 is 2.18 bits per heavy atom. The molecule has 0 saturated carbocycles. The number of hydrogen-bond acceptors (Lipinski definition) is 4. The van der Waals surface area contributed by atoms with Crippen LogP contribution in [0.2, 0.25) is 0 Å². The van der Waals surface area contributed by atoms with Crippen LogP contribution in [-0.2, 0) is 10.0 Å². The fourth-order valence-electron chi connectivity index (χ4n) is 1.21. The van der Waals surface area contributed by atoms with Gasteiger partial charge in [-0.2, -0.15) is 0 Å². The van der Waals surface area contributed by atoms with Gasteiger partial charge in [-0.3, -0.25) is 0 Å². The second kappa shape index (κ2) is 6.34. The van der Waals surface area contributed by atoms with E-state index in [0.717, 1.165) is 0 Å². The molecule has 0 aliphatic carbocycles. The largest absolute Gasteiger partial charge is 0.497 e. The van der Waals surface area contributed by atoms with Gasteiger partial charge in [-0.25, -0.2) is 13.1 Å². The number of halogens is 1. The molecule has 0 aromatic heterocycles. The molecule has 0 aliphatic heterocycles. The lowest BCUT2D eigenvalue weighted by molar-refractivity contribution is 0.414. The fraction of sp³-hybridized carbons (Fsp3) is 0.400. The summed E-state index contributed by atoms with van der Waals surface area (Å²) in [6, 6.07) is 4.70. The van der Waals surface area contributed by atoms with E-state index in [-0.39, 0.29) is 4.90 Å². The molecule has 0 heterocycles. The Hall–Kier alpha value is -0.630. The maximum Gasteiger partial charge on any atom is 0.241 e. The molecular weight excluding hydrogens is 308 g/mol. The fourth-order valence-corrected chi connectivity index (χ4v) is 3.34. The van der Waals surface area contributed by atoms with Crippen LogP contribution in [0.15, 0.2) is 27.6 Å². The van der Waals surface area contributed by atoms with Crippen molar-refractivity contribution >= 4 is 26.0 Å². The van der Waals surface area contributed by atoms with Gasteiger partial charge in [-0.05, 0) is 47.1 Å². The van der Waals surface area contributed by atoms with E-state index >= 15 is 0 Å². The minimum atomic E-state index is -3.50. The Balaban J connectivity index is 2.91. The first kappa shape index (κ1) is 14.4. The molecule has 5 nitrogen and oxygen atoms in total. The quantitative estimate of drug-likeness (QED) is 0.768. The Morgan fingerprint density at radius 3 is 2.71 bits per heavy atom. The summed E-state index contributed by atoms with van der Waals surface area (Å²) < 4.78 is 31.8. The topological polar surface area (TPSA) is 81.4 Å². The highest BCUT2D eigenvalue weighted by Gasteiger charge is 2.17. The number of ether oxygens (including phenoxy) is 1. The number of nitrogens with one attached hydrogen (secondary N) is 1. The van der Waals surface area contributed by atoms with Crippen LogP contribution in [0.1, 0.15) is 6.42 Å². The molecule has 0 aliphatic rings. The summed E-state index contributed by atoms with van der Waals surface area (Å²) in [5.74, 6) is 0.595. The highest BCUT2D eigenvalue weighted by atomic mass is 79.9. The molecule has 0 bridgehead atoms. The van der Waals surface area contributed by atoms with Crippen molar-refractivity contribution in [3.05, 3.63) is 22.7 Å². The maximum absolute atomic E-state index is 11.9. The lowest BCUT2D eigenvalue weighted by Crippen LogP contribution is -2.26. The third kappa shape index (κ3) is 3.95. The minimum Gasteiger partial charge on any atom is -0.497 e. The standard InChI is InChI=1S/C10H15BrN2O3S/c1-16-8-3-4-10(9(11)7-8)17(14,15)13-6-2-5-12/h3-4,7,13H,2,5-6,12H2,1H3. The number of hydrogen-bond donors (Lipinski definition) is 2. The Bertz CT molecular complexity index is 476. The number of nitrogens with two attached hydrogens (primary N) is 1. The van der Waals surface area contributed by atoms with E-state index in [4.69, 9.17) is 10.5 Å². The van der Waals surface area contributed by atoms with E-state index in [2.05, 4.69) is 20.7 Å². The smallest absolute Gasteiger partial charge is 0.241 e. The summed E-state index contributed by atoms with van der Waals surface area (Å²) in [6.07, 6.45) is 0.604. The van der Waals surface area contributed by atoms with Crippen LogP contribution in [0.3, 0.4) is 0 Å². The van der Waals surface area contributed by atoms with E-state index in [1.165, 1.54) is 13.2 Å². The summed E-state index contributed by atoms with van der Waals surface area (Å²) >= 11 is 3.21. The molecule has 0 radical (unpaired) electrons. The molecule has 0 unspecified atom stereocenters. The number of methoxy groups -OCH3 is 1. The van der Waals surface area contributed by atoms with Crippen molar-refractivity contribution in [1.29, 1.82) is 0 Å². The number of benzene rings is 1. The molecule has 3 N–H and O–H groups in total. The molecule has 7 heteroatoms. The van der Waals surface area contributed by atoms with Crippen LogP contribution < -0.4 is 15.2 Å². The molecule has 0 saturated heterocycles. The zero-order valence-corrected chi connectivity index (χ0v) is 11.8. The number of rotatable bonds is 6. The molecular formula is C10H15BrN2O3S. The monoisotopic (exact) mass is 322 g/mol. The van der Waals surface area contributed by atoms with Gasteiger partial charge in [-0.1, -0.05) is 0 Å². The van der Waals surface area contributed by atoms with Crippen LogP contribution >= 0.6 is 15.9 Å². The van der Waals surface area contributed by atoms with Crippen molar-refractivity contribution in [2.24, 2.45) is 5.73 Å². The van der Waals surface area contributed by atoms with Crippen molar-refractivity contribution in [2.75, 3.05) is 20.2 Å². The first-order valence-corrected chi connectivity index (χ1v) is 7.32. The summed E-state index contributed by atoms with van der Waals surface area (Å²) in [5, 5.41) is 0. The molecule has 0 amide bonds. The van der Waals surface area contributed by atoms with Crippen molar-refractivity contribution in [2.45, 2.75) is 11.3 Å². The Morgan fingerprint density at radius 1 is 1.47 bits per heavy atom. The van der Waals surface area contributed by atoms with Crippen molar-refractivity contribution in [3.8, 4) is 5.75 Å². The molecule has 96 valence electrons. The van der Waals surface area contributed by atoms with Gasteiger partial charge in [0.1, 0.15) is 5.75 Å². The van der Waals surface area contributed by atoms with E-state index < -0.39 is 10.0 Å². The first-order valence-electron chi connectivity index (χ1n) is 5.04.